The van der Waals surface area contributed by atoms with E-state index >= 15 is 0 Å². The summed E-state index contributed by atoms with van der Waals surface area (Å²) in [6.45, 7) is 11.4. The number of aliphatic hydroxyl groups is 4. The highest BCUT2D eigenvalue weighted by atomic mass is 79.9. The van der Waals surface area contributed by atoms with Crippen molar-refractivity contribution < 1.29 is 231 Å². The number of carbonyl (C=O) groups is 4. The van der Waals surface area contributed by atoms with Crippen LogP contribution in [-0.2, 0) is 55.6 Å². The summed E-state index contributed by atoms with van der Waals surface area (Å²) in [5, 5.41) is 82.9. The molecule has 24 nitrogen and oxygen atoms in total. The number of rotatable bonds is 15. The number of Topliss-reactive ketones (excluding diaryl/α,β-unsaturated/α-hetero) is 2. The van der Waals surface area contributed by atoms with Gasteiger partial charge < -0.3 is 98.2 Å². The van der Waals surface area contributed by atoms with Gasteiger partial charge in [-0.25, -0.2) is 0 Å². The molecule has 9 aromatic carbocycles. The third kappa shape index (κ3) is 34.8. The summed E-state index contributed by atoms with van der Waals surface area (Å²) in [4.78, 5) is 46.7. The van der Waals surface area contributed by atoms with Crippen LogP contribution in [0, 0.1) is 23.7 Å². The van der Waals surface area contributed by atoms with Gasteiger partial charge in [-0.1, -0.05) is 101 Å². The maximum absolute atomic E-state index is 13.3. The monoisotopic (exact) mass is 2370 g/mol. The van der Waals surface area contributed by atoms with Gasteiger partial charge in [0.25, 0.3) is 0 Å². The van der Waals surface area contributed by atoms with Crippen molar-refractivity contribution in [3.05, 3.63) is 224 Å². The number of ether oxygens (including phenoxy) is 10. The number of benzene rings is 9. The second-order valence-electron chi connectivity index (χ2n) is 32.6. The van der Waals surface area contributed by atoms with Crippen molar-refractivity contribution in [3.8, 4) is 86.2 Å². The number of phenolic OH excluding ortho intramolecular Hbond substituents is 5. The van der Waals surface area contributed by atoms with Crippen molar-refractivity contribution in [2.24, 2.45) is 23.7 Å². The Kier molecular flexibility index (Phi) is 44.0. The number of alkyl halides is 27. The average Bonchev–Trinajstić information content (AvgIpc) is 0.838. The predicted octanol–water partition coefficient (Wildman–Crippen LogP) is 25.1. The molecular weight excluding hydrogens is 2290 g/mol. The zero-order valence-electron chi connectivity index (χ0n) is 78.0. The molecule has 6 heterocycles. The quantitative estimate of drug-likeness (QED) is 0.0199. The molecule has 15 rings (SSSR count). The van der Waals surface area contributed by atoms with Crippen molar-refractivity contribution in [1.82, 2.24) is 4.90 Å². The number of para-hydroxylation sites is 2. The first-order chi connectivity index (χ1) is 69.5. The number of ketones is 2. The lowest BCUT2D eigenvalue weighted by Crippen LogP contribution is -2.29. The SMILES string of the molecule is CC[C@@H](C)C(=O)c1cc2c(c(C(F)(F)F)c1)OCCO2.C[C@H](CN1CCCC1)[C@H](O)c1cc2c(c(C(F)(F)F)c1)OCCO2.C[C@H](CO)C(=O)c1cc2c(c(C(F)(F)F)c1)OCCO2.C[C@H](CO)[C@H](O)c1cc2c(c(C(F)(F)F)c1)OCCO2.FC(F)(F)c1cc(Br)cc2c1OCCO2.O=Cc1cc(Br)cc(C(F)(F)F)c1O.O=Cc1cccc(C(F)(F)F)c1O.Oc1cc(Br)cc(C(F)(F)F)c1O.Oc1ccccc1C(F)(F)F. The molecule has 9 N–H and O–H groups in total. The van der Waals surface area contributed by atoms with Crippen LogP contribution in [0.4, 0.5) is 119 Å². The number of halogens is 30. The molecule has 0 spiro atoms. The minimum absolute atomic E-state index is 0.0101. The molecule has 6 aliphatic rings. The first-order valence-electron chi connectivity index (χ1n) is 43.6. The number of hydrogen-bond donors (Lipinski definition) is 9. The van der Waals surface area contributed by atoms with E-state index in [1.807, 2.05) is 13.8 Å². The van der Waals surface area contributed by atoms with Gasteiger partial charge in [-0.05, 0) is 159 Å². The lowest BCUT2D eigenvalue weighted by atomic mass is 9.94. The molecule has 54 heteroatoms. The minimum Gasteiger partial charge on any atom is -0.507 e. The number of aromatic hydroxyl groups is 5. The molecule has 6 aliphatic heterocycles. The number of aldehydes is 2. The summed E-state index contributed by atoms with van der Waals surface area (Å²) < 4.78 is 392. The van der Waals surface area contributed by atoms with Gasteiger partial charge in [-0.15, -0.1) is 0 Å². The molecule has 150 heavy (non-hydrogen) atoms. The number of aliphatic hydroxyl groups excluding tert-OH is 4. The molecular formula is C96H89Br3F27NO23. The van der Waals surface area contributed by atoms with E-state index in [2.05, 4.69) is 52.7 Å². The van der Waals surface area contributed by atoms with Crippen LogP contribution < -0.4 is 47.4 Å². The van der Waals surface area contributed by atoms with Gasteiger partial charge in [0.1, 0.15) is 117 Å². The first kappa shape index (κ1) is 125. The van der Waals surface area contributed by atoms with Gasteiger partial charge in [0.2, 0.25) is 0 Å². The van der Waals surface area contributed by atoms with Crippen molar-refractivity contribution in [2.45, 2.75) is 122 Å². The Morgan fingerprint density at radius 3 is 0.993 bits per heavy atom. The van der Waals surface area contributed by atoms with Crippen LogP contribution in [0.3, 0.4) is 0 Å². The summed E-state index contributed by atoms with van der Waals surface area (Å²) >= 11 is 8.58. The Morgan fingerprint density at radius 1 is 0.333 bits per heavy atom. The molecule has 0 bridgehead atoms. The van der Waals surface area contributed by atoms with Gasteiger partial charge in [-0.2, -0.15) is 119 Å². The van der Waals surface area contributed by atoms with E-state index in [1.165, 1.54) is 56.3 Å². The predicted molar refractivity (Wildman–Crippen MR) is 486 cm³/mol. The summed E-state index contributed by atoms with van der Waals surface area (Å²) in [5.41, 5.74) is -10.0. The number of likely N-dealkylation sites (tertiary alicyclic amines) is 1. The Morgan fingerprint density at radius 2 is 0.640 bits per heavy atom. The van der Waals surface area contributed by atoms with Crippen LogP contribution in [0.1, 0.15) is 169 Å². The molecule has 1 fully saturated rings. The minimum atomic E-state index is -4.68. The van der Waals surface area contributed by atoms with Gasteiger partial charge in [-0.3, -0.25) is 19.2 Å². The normalized spacial score (nSPS) is 15.4. The fourth-order valence-electron chi connectivity index (χ4n) is 13.8. The molecule has 826 valence electrons. The second kappa shape index (κ2) is 52.8. The van der Waals surface area contributed by atoms with Crippen LogP contribution in [0.15, 0.2) is 141 Å². The van der Waals surface area contributed by atoms with E-state index in [0.717, 1.165) is 92.7 Å². The lowest BCUT2D eigenvalue weighted by Gasteiger charge is -2.27. The summed E-state index contributed by atoms with van der Waals surface area (Å²) in [6.07, 6.45) is -40.3. The molecule has 0 aromatic heterocycles. The molecule has 0 unspecified atom stereocenters. The molecule has 0 amide bonds. The van der Waals surface area contributed by atoms with Crippen LogP contribution in [0.5, 0.6) is 86.2 Å². The van der Waals surface area contributed by atoms with Gasteiger partial charge in [0.05, 0.1) is 46.6 Å². The zero-order chi connectivity index (χ0) is 113. The third-order valence-corrected chi connectivity index (χ3v) is 22.9. The molecule has 9 aromatic rings. The number of carbonyl (C=O) groups excluding carboxylic acids is 4. The number of fused-ring (bicyclic) bond motifs is 5. The van der Waals surface area contributed by atoms with E-state index in [1.54, 1.807) is 6.92 Å². The molecule has 0 saturated carbocycles. The van der Waals surface area contributed by atoms with Crippen LogP contribution in [0.25, 0.3) is 0 Å². The summed E-state index contributed by atoms with van der Waals surface area (Å²) in [6, 6.07) is 22.0. The Hall–Kier alpha value is -12.0. The molecule has 0 radical (unpaired) electrons. The molecule has 1 saturated heterocycles. The highest BCUT2D eigenvalue weighted by molar-refractivity contribution is 9.11. The van der Waals surface area contributed by atoms with Crippen molar-refractivity contribution >= 4 is 71.9 Å². The average molecular weight is 2380 g/mol. The Labute approximate surface area is 858 Å². The van der Waals surface area contributed by atoms with E-state index < -0.39 is 182 Å². The summed E-state index contributed by atoms with van der Waals surface area (Å²) in [5.74, 6) is -9.08. The van der Waals surface area contributed by atoms with Gasteiger partial charge in [0, 0.05) is 55.5 Å². The molecule has 6 atom stereocenters. The van der Waals surface area contributed by atoms with Crippen LogP contribution in [0.2, 0.25) is 0 Å². The number of phenols is 5. The largest absolute Gasteiger partial charge is 0.507 e. The van der Waals surface area contributed by atoms with E-state index in [0.29, 0.717) is 35.6 Å². The fourth-order valence-corrected chi connectivity index (χ4v) is 15.2. The van der Waals surface area contributed by atoms with Crippen molar-refractivity contribution in [1.29, 1.82) is 0 Å². The van der Waals surface area contributed by atoms with Gasteiger partial charge in [0.15, 0.2) is 93.1 Å². The topological polar surface area (TPSA) is 346 Å². The Bertz CT molecular complexity index is 5990. The third-order valence-electron chi connectivity index (χ3n) is 21.5. The standard InChI is InChI=1S/C17H22F3NO3.C14H15F3O3.C13H15F3O4.C13H13F3O4.C9H6BrF3O2.C8H4BrF3O2.C8H5F3O2.C7H4BrF3O2.C7H5F3O/c1-11(10-21-4-2-3-5-21)15(22)12-8-13(17(18,19)20)16-14(9-12)23-6-7-24-16;1-3-8(2)12(18)9-6-10(14(15,16)17)13-11(7-9)19-4-5-20-13;2*1-7(6-17)11(18)8-4-9(13(14,15)16)12-10(5-8)19-2-3-20-12;10-5-3-6(9(11,12)13)8-7(4-5)14-1-2-15-8;9-5-1-4(3-13)7(14)6(2-5)8(10,11)12;9-8(10,11)6-3-1-2-5(4-12)7(6)13;8-3-1-4(7(9,10)11)6(13)5(12)2-3;8-7(9,10)5-3-1-2-4-6(5)11/h8-9,11,15,22H,2-7,10H2,1H3;6-8H,3-5H2,1-2H3;4-5,7,11,17-18H,2-3,6H2,1H3;4-5,7,17H,2-3,6H2,1H3;3-4H,1-2H2;1-3,14H;1-4,13H;1-2,12-13H;1-4,11H/t11-,15+;8-;7-,11+;7-;;;;;/m1111...../s1. The Balaban J connectivity index is 0.000000230. The molecule has 0 aliphatic carbocycles. The van der Waals surface area contributed by atoms with Crippen molar-refractivity contribution in [3.63, 3.8) is 0 Å². The van der Waals surface area contributed by atoms with E-state index in [9.17, 15) is 148 Å². The van der Waals surface area contributed by atoms with Crippen LogP contribution >= 0.6 is 47.8 Å². The zero-order valence-corrected chi connectivity index (χ0v) is 82.8. The summed E-state index contributed by atoms with van der Waals surface area (Å²) in [7, 11) is 0. The maximum atomic E-state index is 13.3. The van der Waals surface area contributed by atoms with E-state index in [-0.39, 0.29) is 191 Å². The smallest absolute Gasteiger partial charge is 0.420 e. The van der Waals surface area contributed by atoms with E-state index in [4.69, 9.17) is 83.1 Å². The van der Waals surface area contributed by atoms with Crippen LogP contribution in [-0.4, -0.2) is 174 Å². The number of nitrogens with zero attached hydrogens (tertiary/aromatic N) is 1. The second-order valence-corrected chi connectivity index (χ2v) is 35.4. The highest BCUT2D eigenvalue weighted by Crippen LogP contribution is 2.53. The first-order valence-corrected chi connectivity index (χ1v) is 46.0. The number of hydrogen-bond acceptors (Lipinski definition) is 24. The highest BCUT2D eigenvalue weighted by Gasteiger charge is 2.46. The van der Waals surface area contributed by atoms with Crippen molar-refractivity contribution in [2.75, 3.05) is 98.9 Å². The fraction of sp³-hybridized carbons (Fsp3) is 0.396. The lowest BCUT2D eigenvalue weighted by molar-refractivity contribution is -0.140. The maximum Gasteiger partial charge on any atom is 0.420 e. The van der Waals surface area contributed by atoms with Gasteiger partial charge >= 0.3 is 55.6 Å².